The van der Waals surface area contributed by atoms with E-state index in [1.165, 1.54) is 11.1 Å². The van der Waals surface area contributed by atoms with Crippen molar-refractivity contribution in [3.8, 4) is 5.75 Å². The molecule has 0 aliphatic carbocycles. The number of nitrogens with zero attached hydrogens (tertiary/aromatic N) is 1. The molecule has 0 bridgehead atoms. The van der Waals surface area contributed by atoms with Crippen LogP contribution < -0.4 is 4.74 Å². The minimum Gasteiger partial charge on any atom is -0.494 e. The summed E-state index contributed by atoms with van der Waals surface area (Å²) in [5.74, 6) is 0.117. The summed E-state index contributed by atoms with van der Waals surface area (Å²) in [6, 6.07) is 5.65. The summed E-state index contributed by atoms with van der Waals surface area (Å²) in [5.41, 5.74) is 2.47. The zero-order valence-electron chi connectivity index (χ0n) is 12.8. The monoisotopic (exact) mass is 279 g/mol. The fourth-order valence-electron chi connectivity index (χ4n) is 2.14. The van der Waals surface area contributed by atoms with Crippen LogP contribution in [0.25, 0.3) is 0 Å². The highest BCUT2D eigenvalue weighted by atomic mass is 16.5. The maximum absolute atomic E-state index is 11.0. The second-order valence-electron chi connectivity index (χ2n) is 5.19. The molecule has 1 unspecified atom stereocenters. The van der Waals surface area contributed by atoms with E-state index in [0.717, 1.165) is 18.7 Å². The van der Waals surface area contributed by atoms with Gasteiger partial charge >= 0.3 is 5.97 Å². The molecule has 0 aliphatic heterocycles. The summed E-state index contributed by atoms with van der Waals surface area (Å²) >= 11 is 0. The number of carboxylic acid groups (broad SMARTS) is 1. The summed E-state index contributed by atoms with van der Waals surface area (Å²) in [4.78, 5) is 12.9. The number of rotatable bonds is 8. The van der Waals surface area contributed by atoms with Crippen molar-refractivity contribution in [3.05, 3.63) is 29.3 Å². The zero-order valence-corrected chi connectivity index (χ0v) is 12.8. The van der Waals surface area contributed by atoms with Gasteiger partial charge in [0.05, 0.1) is 6.61 Å². The first-order chi connectivity index (χ1) is 9.45. The number of ether oxygens (including phenoxy) is 1. The molecule has 0 saturated heterocycles. The van der Waals surface area contributed by atoms with Crippen molar-refractivity contribution in [1.82, 2.24) is 4.90 Å². The Morgan fingerprint density at radius 2 is 2.05 bits per heavy atom. The van der Waals surface area contributed by atoms with Crippen molar-refractivity contribution < 1.29 is 14.6 Å². The van der Waals surface area contributed by atoms with E-state index in [0.29, 0.717) is 13.0 Å². The lowest BCUT2D eigenvalue weighted by Gasteiger charge is -2.23. The summed E-state index contributed by atoms with van der Waals surface area (Å²) < 4.78 is 5.69. The Kier molecular flexibility index (Phi) is 6.52. The third-order valence-electron chi connectivity index (χ3n) is 3.61. The Balaban J connectivity index is 2.34. The number of hydrogen-bond acceptors (Lipinski definition) is 3. The molecule has 4 nitrogen and oxygen atoms in total. The molecule has 0 aromatic heterocycles. The van der Waals surface area contributed by atoms with Crippen molar-refractivity contribution in [2.24, 2.45) is 0 Å². The van der Waals surface area contributed by atoms with Gasteiger partial charge in [-0.1, -0.05) is 13.0 Å². The average Bonchev–Trinajstić information content (AvgIpc) is 2.39. The summed E-state index contributed by atoms with van der Waals surface area (Å²) in [6.45, 7) is 7.35. The van der Waals surface area contributed by atoms with E-state index in [-0.39, 0.29) is 0 Å². The second-order valence-corrected chi connectivity index (χ2v) is 5.19. The van der Waals surface area contributed by atoms with E-state index in [4.69, 9.17) is 9.84 Å². The summed E-state index contributed by atoms with van der Waals surface area (Å²) in [7, 11) is 1.85. The predicted molar refractivity (Wildman–Crippen MR) is 80.4 cm³/mol. The predicted octanol–water partition coefficient (Wildman–Crippen LogP) is 2.87. The van der Waals surface area contributed by atoms with Crippen LogP contribution in [0.1, 0.15) is 30.9 Å². The number of aliphatic carboxylic acids is 1. The minimum absolute atomic E-state index is 0.406. The maximum atomic E-state index is 11.0. The fraction of sp³-hybridized carbons (Fsp3) is 0.562. The average molecular weight is 279 g/mol. The van der Waals surface area contributed by atoms with Crippen molar-refractivity contribution in [1.29, 1.82) is 0 Å². The van der Waals surface area contributed by atoms with Gasteiger partial charge in [-0.05, 0) is 57.0 Å². The molecule has 1 aromatic rings. The first kappa shape index (κ1) is 16.5. The fourth-order valence-corrected chi connectivity index (χ4v) is 2.14. The van der Waals surface area contributed by atoms with Gasteiger partial charge in [-0.3, -0.25) is 9.69 Å². The van der Waals surface area contributed by atoms with Crippen molar-refractivity contribution in [2.45, 2.75) is 39.7 Å². The van der Waals surface area contributed by atoms with Gasteiger partial charge in [-0.15, -0.1) is 0 Å². The van der Waals surface area contributed by atoms with Crippen LogP contribution in [0.5, 0.6) is 5.75 Å². The normalized spacial score (nSPS) is 12.4. The molecule has 1 N–H and O–H groups in total. The smallest absolute Gasteiger partial charge is 0.320 e. The molecule has 112 valence electrons. The van der Waals surface area contributed by atoms with Crippen LogP contribution in [0.2, 0.25) is 0 Å². The van der Waals surface area contributed by atoms with Gasteiger partial charge in [-0.25, -0.2) is 0 Å². The molecule has 0 heterocycles. The largest absolute Gasteiger partial charge is 0.494 e. The molecule has 1 rings (SSSR count). The quantitative estimate of drug-likeness (QED) is 0.743. The van der Waals surface area contributed by atoms with Gasteiger partial charge in [0.2, 0.25) is 0 Å². The van der Waals surface area contributed by atoms with Crippen LogP contribution in [0.3, 0.4) is 0 Å². The number of carbonyl (C=O) groups is 1. The Bertz CT molecular complexity index is 445. The molecule has 0 saturated carbocycles. The van der Waals surface area contributed by atoms with Crippen LogP contribution in [-0.2, 0) is 4.79 Å². The highest BCUT2D eigenvalue weighted by molar-refractivity contribution is 5.73. The molecule has 4 heteroatoms. The topological polar surface area (TPSA) is 49.8 Å². The Morgan fingerprint density at radius 3 is 2.60 bits per heavy atom. The van der Waals surface area contributed by atoms with E-state index >= 15 is 0 Å². The van der Waals surface area contributed by atoms with Crippen molar-refractivity contribution >= 4 is 5.97 Å². The number of hydrogen-bond donors (Lipinski definition) is 1. The van der Waals surface area contributed by atoms with Gasteiger partial charge in [0.1, 0.15) is 11.8 Å². The Morgan fingerprint density at radius 1 is 1.35 bits per heavy atom. The van der Waals surface area contributed by atoms with Crippen LogP contribution >= 0.6 is 0 Å². The van der Waals surface area contributed by atoms with E-state index in [1.54, 1.807) is 0 Å². The molecule has 0 spiro atoms. The van der Waals surface area contributed by atoms with E-state index in [9.17, 15) is 4.79 Å². The molecule has 1 aromatic carbocycles. The van der Waals surface area contributed by atoms with Gasteiger partial charge < -0.3 is 9.84 Å². The molecule has 0 fully saturated rings. The van der Waals surface area contributed by atoms with Crippen LogP contribution in [0, 0.1) is 13.8 Å². The Hall–Kier alpha value is -1.55. The van der Waals surface area contributed by atoms with E-state index in [2.05, 4.69) is 13.8 Å². The standard InChI is InChI=1S/C16H25NO3/c1-5-15(16(18)19)17(4)9-6-10-20-14-8-7-12(2)13(3)11-14/h7-8,11,15H,5-6,9-10H2,1-4H3,(H,18,19). The van der Waals surface area contributed by atoms with Gasteiger partial charge in [0.15, 0.2) is 0 Å². The first-order valence-electron chi connectivity index (χ1n) is 7.08. The molecular formula is C16H25NO3. The molecule has 1 atom stereocenters. The van der Waals surface area contributed by atoms with Crippen LogP contribution in [0.4, 0.5) is 0 Å². The molecular weight excluding hydrogens is 254 g/mol. The van der Waals surface area contributed by atoms with Gasteiger partial charge in [-0.2, -0.15) is 0 Å². The van der Waals surface area contributed by atoms with Crippen molar-refractivity contribution in [2.75, 3.05) is 20.2 Å². The number of likely N-dealkylation sites (N-methyl/N-ethyl adjacent to an activating group) is 1. The van der Waals surface area contributed by atoms with Crippen LogP contribution in [-0.4, -0.2) is 42.2 Å². The van der Waals surface area contributed by atoms with Gasteiger partial charge in [0.25, 0.3) is 0 Å². The summed E-state index contributed by atoms with van der Waals surface area (Å²) in [6.07, 6.45) is 1.43. The van der Waals surface area contributed by atoms with Crippen molar-refractivity contribution in [3.63, 3.8) is 0 Å². The zero-order chi connectivity index (χ0) is 15.1. The third-order valence-corrected chi connectivity index (χ3v) is 3.61. The molecule has 0 aliphatic rings. The first-order valence-corrected chi connectivity index (χ1v) is 7.08. The highest BCUT2D eigenvalue weighted by Crippen LogP contribution is 2.16. The Labute approximate surface area is 121 Å². The number of carboxylic acids is 1. The van der Waals surface area contributed by atoms with Gasteiger partial charge in [0, 0.05) is 6.54 Å². The lowest BCUT2D eigenvalue weighted by molar-refractivity contribution is -0.142. The van der Waals surface area contributed by atoms with Crippen LogP contribution in [0.15, 0.2) is 18.2 Å². The lowest BCUT2D eigenvalue weighted by Crippen LogP contribution is -2.38. The number of aryl methyl sites for hydroxylation is 2. The maximum Gasteiger partial charge on any atom is 0.320 e. The second kappa shape index (κ2) is 7.90. The van der Waals surface area contributed by atoms with E-state index in [1.807, 2.05) is 37.1 Å². The highest BCUT2D eigenvalue weighted by Gasteiger charge is 2.19. The molecule has 0 radical (unpaired) electrons. The third kappa shape index (κ3) is 4.85. The van der Waals surface area contributed by atoms with E-state index < -0.39 is 12.0 Å². The number of benzene rings is 1. The minimum atomic E-state index is -0.759. The molecule has 20 heavy (non-hydrogen) atoms. The SMILES string of the molecule is CCC(C(=O)O)N(C)CCCOc1ccc(C)c(C)c1. The summed E-state index contributed by atoms with van der Waals surface area (Å²) in [5, 5.41) is 9.06. The lowest BCUT2D eigenvalue weighted by atomic mass is 10.1. The molecule has 0 amide bonds.